The Hall–Kier alpha value is -1.46. The van der Waals surface area contributed by atoms with Crippen molar-refractivity contribution in [2.75, 3.05) is 0 Å². The zero-order chi connectivity index (χ0) is 10.9. The van der Waals surface area contributed by atoms with Crippen molar-refractivity contribution < 1.29 is 18.0 Å². The average molecular weight is 204 g/mol. The molecule has 0 aliphatic carbocycles. The Morgan fingerprint density at radius 3 is 2.21 bits per heavy atom. The Kier molecular flexibility index (Phi) is 2.55. The fraction of sp³-hybridized carbons (Fsp3) is 0.375. The number of aromatic nitrogens is 2. The van der Waals surface area contributed by atoms with Gasteiger partial charge in [0.2, 0.25) is 0 Å². The summed E-state index contributed by atoms with van der Waals surface area (Å²) in [7, 11) is 0. The van der Waals surface area contributed by atoms with Gasteiger partial charge in [-0.05, 0) is 13.8 Å². The van der Waals surface area contributed by atoms with Gasteiger partial charge in [0.25, 0.3) is 0 Å². The van der Waals surface area contributed by atoms with Crippen LogP contribution in [0.4, 0.5) is 13.2 Å². The second-order valence-corrected chi connectivity index (χ2v) is 2.73. The van der Waals surface area contributed by atoms with Gasteiger partial charge < -0.3 is 0 Å². The van der Waals surface area contributed by atoms with Crippen LogP contribution >= 0.6 is 0 Å². The lowest BCUT2D eigenvalue weighted by Crippen LogP contribution is -2.15. The minimum absolute atomic E-state index is 0.000394. The van der Waals surface area contributed by atoms with Gasteiger partial charge in [0.1, 0.15) is 5.82 Å². The van der Waals surface area contributed by atoms with Crippen LogP contribution in [0.1, 0.15) is 27.6 Å². The lowest BCUT2D eigenvalue weighted by molar-refractivity contribution is -0.141. The molecule has 0 radical (unpaired) electrons. The van der Waals surface area contributed by atoms with Crippen LogP contribution in [0.15, 0.2) is 0 Å². The molecular weight excluding hydrogens is 197 g/mol. The summed E-state index contributed by atoms with van der Waals surface area (Å²) in [4.78, 5) is 17.3. The first-order valence-corrected chi connectivity index (χ1v) is 3.74. The molecule has 0 atom stereocenters. The largest absolute Gasteiger partial charge is 0.434 e. The molecular formula is C8H7F3N2O. The van der Waals surface area contributed by atoms with E-state index in [0.717, 1.165) is 0 Å². The van der Waals surface area contributed by atoms with Gasteiger partial charge in [-0.25, -0.2) is 9.97 Å². The molecule has 0 spiro atoms. The highest BCUT2D eigenvalue weighted by Gasteiger charge is 2.36. The second-order valence-electron chi connectivity index (χ2n) is 2.73. The molecule has 0 amide bonds. The Labute approximate surface area is 78.0 Å². The maximum Gasteiger partial charge on any atom is 0.434 e. The average Bonchev–Trinajstić information content (AvgIpc) is 2.01. The molecule has 0 aliphatic heterocycles. The molecule has 0 bridgehead atoms. The zero-order valence-electron chi connectivity index (χ0n) is 7.51. The van der Waals surface area contributed by atoms with E-state index in [-0.39, 0.29) is 17.8 Å². The minimum Gasteiger partial charge on any atom is -0.298 e. The van der Waals surface area contributed by atoms with Crippen LogP contribution in [0.3, 0.4) is 0 Å². The van der Waals surface area contributed by atoms with Crippen molar-refractivity contribution in [1.82, 2.24) is 9.97 Å². The number of alkyl halides is 3. The van der Waals surface area contributed by atoms with E-state index in [1.807, 2.05) is 0 Å². The summed E-state index contributed by atoms with van der Waals surface area (Å²) in [5, 5.41) is 0. The third-order valence-electron chi connectivity index (χ3n) is 1.63. The summed E-state index contributed by atoms with van der Waals surface area (Å²) in [5.41, 5.74) is -1.62. The number of aldehydes is 1. The predicted octanol–water partition coefficient (Wildman–Crippen LogP) is 1.92. The topological polar surface area (TPSA) is 42.9 Å². The molecule has 1 heterocycles. The van der Waals surface area contributed by atoms with E-state index in [1.165, 1.54) is 13.8 Å². The second kappa shape index (κ2) is 3.36. The van der Waals surface area contributed by atoms with Gasteiger partial charge in [0, 0.05) is 0 Å². The number of carbonyl (C=O) groups is 1. The molecule has 3 nitrogen and oxygen atoms in total. The fourth-order valence-electron chi connectivity index (χ4n) is 1.08. The SMILES string of the molecule is Cc1nc(C)c(C=O)c(C(F)(F)F)n1. The van der Waals surface area contributed by atoms with Crippen molar-refractivity contribution in [2.45, 2.75) is 20.0 Å². The summed E-state index contributed by atoms with van der Waals surface area (Å²) in [6, 6.07) is 0. The van der Waals surface area contributed by atoms with Crippen LogP contribution in [-0.4, -0.2) is 16.3 Å². The smallest absolute Gasteiger partial charge is 0.298 e. The van der Waals surface area contributed by atoms with Crippen molar-refractivity contribution in [1.29, 1.82) is 0 Å². The van der Waals surface area contributed by atoms with Crippen molar-refractivity contribution in [2.24, 2.45) is 0 Å². The summed E-state index contributed by atoms with van der Waals surface area (Å²) in [6.07, 6.45) is -4.49. The Morgan fingerprint density at radius 2 is 1.79 bits per heavy atom. The van der Waals surface area contributed by atoms with Gasteiger partial charge in [-0.15, -0.1) is 0 Å². The molecule has 0 unspecified atom stereocenters. The Morgan fingerprint density at radius 1 is 1.21 bits per heavy atom. The lowest BCUT2D eigenvalue weighted by Gasteiger charge is -2.10. The number of carbonyl (C=O) groups excluding carboxylic acids is 1. The number of rotatable bonds is 1. The molecule has 0 aromatic carbocycles. The van der Waals surface area contributed by atoms with Crippen LogP contribution in [0.5, 0.6) is 0 Å². The van der Waals surface area contributed by atoms with Crippen molar-refractivity contribution in [3.05, 3.63) is 22.8 Å². The van der Waals surface area contributed by atoms with Crippen LogP contribution < -0.4 is 0 Å². The van der Waals surface area contributed by atoms with Gasteiger partial charge in [-0.1, -0.05) is 0 Å². The van der Waals surface area contributed by atoms with Crippen LogP contribution in [0.2, 0.25) is 0 Å². The van der Waals surface area contributed by atoms with Crippen LogP contribution in [0, 0.1) is 13.8 Å². The normalized spacial score (nSPS) is 11.5. The number of hydrogen-bond donors (Lipinski definition) is 0. The number of nitrogens with zero attached hydrogens (tertiary/aromatic N) is 2. The highest BCUT2D eigenvalue weighted by atomic mass is 19.4. The minimum atomic E-state index is -4.62. The maximum absolute atomic E-state index is 12.3. The number of aryl methyl sites for hydroxylation is 2. The van der Waals surface area contributed by atoms with E-state index >= 15 is 0 Å². The van der Waals surface area contributed by atoms with Gasteiger partial charge >= 0.3 is 6.18 Å². The first-order valence-electron chi connectivity index (χ1n) is 3.74. The van der Waals surface area contributed by atoms with E-state index < -0.39 is 17.4 Å². The van der Waals surface area contributed by atoms with Crippen molar-refractivity contribution in [3.63, 3.8) is 0 Å². The molecule has 1 rings (SSSR count). The Balaban J connectivity index is 3.48. The van der Waals surface area contributed by atoms with Crippen molar-refractivity contribution in [3.8, 4) is 0 Å². The van der Waals surface area contributed by atoms with Gasteiger partial charge in [-0.3, -0.25) is 4.79 Å². The molecule has 0 saturated heterocycles. The highest BCUT2D eigenvalue weighted by molar-refractivity contribution is 5.78. The lowest BCUT2D eigenvalue weighted by atomic mass is 10.2. The molecule has 14 heavy (non-hydrogen) atoms. The van der Waals surface area contributed by atoms with Gasteiger partial charge in [0.15, 0.2) is 12.0 Å². The molecule has 0 N–H and O–H groups in total. The molecule has 6 heteroatoms. The zero-order valence-corrected chi connectivity index (χ0v) is 7.51. The third-order valence-corrected chi connectivity index (χ3v) is 1.63. The quantitative estimate of drug-likeness (QED) is 0.656. The van der Waals surface area contributed by atoms with E-state index in [4.69, 9.17) is 0 Å². The predicted molar refractivity (Wildman–Crippen MR) is 41.9 cm³/mol. The summed E-state index contributed by atoms with van der Waals surface area (Å²) >= 11 is 0. The van der Waals surface area contributed by atoms with E-state index in [1.54, 1.807) is 0 Å². The van der Waals surface area contributed by atoms with E-state index in [2.05, 4.69) is 9.97 Å². The van der Waals surface area contributed by atoms with E-state index in [0.29, 0.717) is 0 Å². The van der Waals surface area contributed by atoms with E-state index in [9.17, 15) is 18.0 Å². The summed E-state index contributed by atoms with van der Waals surface area (Å²) in [5.74, 6) is 0.000394. The molecule has 1 aromatic heterocycles. The molecule has 1 aromatic rings. The first kappa shape index (κ1) is 10.6. The molecule has 0 fully saturated rings. The summed E-state index contributed by atoms with van der Waals surface area (Å²) in [6.45, 7) is 2.68. The number of halogens is 3. The van der Waals surface area contributed by atoms with Crippen LogP contribution in [0.25, 0.3) is 0 Å². The number of hydrogen-bond acceptors (Lipinski definition) is 3. The van der Waals surface area contributed by atoms with Crippen molar-refractivity contribution >= 4 is 6.29 Å². The Bertz CT molecular complexity index is 374. The molecule has 0 aliphatic rings. The molecule has 0 saturated carbocycles. The summed E-state index contributed by atoms with van der Waals surface area (Å²) < 4.78 is 37.0. The highest BCUT2D eigenvalue weighted by Crippen LogP contribution is 2.30. The molecule has 76 valence electrons. The maximum atomic E-state index is 12.3. The first-order chi connectivity index (χ1) is 6.36. The van der Waals surface area contributed by atoms with Gasteiger partial charge in [-0.2, -0.15) is 13.2 Å². The standard InChI is InChI=1S/C8H7F3N2O/c1-4-6(3-14)7(8(9,10)11)13-5(2)12-4/h3H,1-2H3. The van der Waals surface area contributed by atoms with Gasteiger partial charge in [0.05, 0.1) is 11.3 Å². The third kappa shape index (κ3) is 1.89. The fourth-order valence-corrected chi connectivity index (χ4v) is 1.08. The van der Waals surface area contributed by atoms with Crippen LogP contribution in [-0.2, 0) is 6.18 Å². The monoisotopic (exact) mass is 204 g/mol.